The predicted molar refractivity (Wildman–Crippen MR) is 50.0 cm³/mol. The van der Waals surface area contributed by atoms with E-state index in [2.05, 4.69) is 19.9 Å². The van der Waals surface area contributed by atoms with Gasteiger partial charge in [0, 0.05) is 18.6 Å². The van der Waals surface area contributed by atoms with Crippen molar-refractivity contribution in [3.8, 4) is 11.6 Å². The molecule has 2 rings (SSSR count). The molecule has 0 atom stereocenters. The van der Waals surface area contributed by atoms with E-state index in [1.165, 1.54) is 12.3 Å². The number of hydrogen-bond donors (Lipinski definition) is 1. The zero-order chi connectivity index (χ0) is 10.7. The van der Waals surface area contributed by atoms with Crippen molar-refractivity contribution in [2.45, 2.75) is 0 Å². The fourth-order valence-corrected chi connectivity index (χ4v) is 1.00. The number of rotatable bonds is 2. The number of nitrogens with zero attached hydrogens (tertiary/aromatic N) is 4. The summed E-state index contributed by atoms with van der Waals surface area (Å²) < 4.78 is 0. The third kappa shape index (κ3) is 1.93. The minimum absolute atomic E-state index is 0.0764. The highest BCUT2D eigenvalue weighted by Crippen LogP contribution is 2.07. The maximum atomic E-state index is 10.7. The molecule has 15 heavy (non-hydrogen) atoms. The van der Waals surface area contributed by atoms with Crippen molar-refractivity contribution in [3.05, 3.63) is 36.4 Å². The Kier molecular flexibility index (Phi) is 2.32. The first-order valence-corrected chi connectivity index (χ1v) is 4.11. The van der Waals surface area contributed by atoms with Gasteiger partial charge in [-0.1, -0.05) is 0 Å². The molecular formula is C9H6N4O2. The zero-order valence-corrected chi connectivity index (χ0v) is 7.53. The summed E-state index contributed by atoms with van der Waals surface area (Å²) in [6, 6.07) is 2.97. The van der Waals surface area contributed by atoms with Crippen molar-refractivity contribution >= 4 is 5.97 Å². The Labute approximate surface area is 84.7 Å². The highest BCUT2D eigenvalue weighted by Gasteiger charge is 2.08. The largest absolute Gasteiger partial charge is 0.477 e. The molecule has 0 saturated carbocycles. The van der Waals surface area contributed by atoms with Gasteiger partial charge in [0.25, 0.3) is 0 Å². The number of hydrogen-bond acceptors (Lipinski definition) is 5. The Hall–Kier alpha value is -2.37. The van der Waals surface area contributed by atoms with Gasteiger partial charge < -0.3 is 5.11 Å². The summed E-state index contributed by atoms with van der Waals surface area (Å²) in [6.45, 7) is 0. The van der Waals surface area contributed by atoms with E-state index in [9.17, 15) is 4.79 Å². The topological polar surface area (TPSA) is 88.9 Å². The number of carboxylic acid groups (broad SMARTS) is 1. The minimum atomic E-state index is -1.10. The molecule has 2 aromatic rings. The van der Waals surface area contributed by atoms with Crippen LogP contribution in [0, 0.1) is 0 Å². The highest BCUT2D eigenvalue weighted by molar-refractivity contribution is 5.85. The van der Waals surface area contributed by atoms with E-state index in [0.29, 0.717) is 5.82 Å². The van der Waals surface area contributed by atoms with E-state index in [4.69, 9.17) is 5.11 Å². The van der Waals surface area contributed by atoms with Crippen LogP contribution in [-0.2, 0) is 0 Å². The van der Waals surface area contributed by atoms with E-state index < -0.39 is 5.97 Å². The minimum Gasteiger partial charge on any atom is -0.477 e. The molecule has 0 saturated heterocycles. The molecule has 0 aliphatic carbocycles. The van der Waals surface area contributed by atoms with Crippen molar-refractivity contribution < 1.29 is 9.90 Å². The average Bonchev–Trinajstić information content (AvgIpc) is 2.30. The lowest BCUT2D eigenvalue weighted by Gasteiger charge is -1.98. The SMILES string of the molecule is O=C(O)c1ccnc(-c2ncccn2)n1. The van der Waals surface area contributed by atoms with Crippen LogP contribution in [0.4, 0.5) is 0 Å². The van der Waals surface area contributed by atoms with Gasteiger partial charge in [-0.2, -0.15) is 0 Å². The molecule has 1 N–H and O–H groups in total. The summed E-state index contributed by atoms with van der Waals surface area (Å²) in [5.41, 5.74) is -0.0764. The zero-order valence-electron chi connectivity index (χ0n) is 7.53. The first-order valence-electron chi connectivity index (χ1n) is 4.11. The molecular weight excluding hydrogens is 196 g/mol. The number of carboxylic acids is 1. The molecule has 6 nitrogen and oxygen atoms in total. The van der Waals surface area contributed by atoms with Crippen molar-refractivity contribution in [1.82, 2.24) is 19.9 Å². The molecule has 74 valence electrons. The standard InChI is InChI=1S/C9H6N4O2/c14-9(15)6-2-5-12-8(13-6)7-10-3-1-4-11-7/h1-5H,(H,14,15). The van der Waals surface area contributed by atoms with Crippen LogP contribution in [0.5, 0.6) is 0 Å². The first kappa shape index (κ1) is 9.20. The van der Waals surface area contributed by atoms with Crippen LogP contribution in [0.15, 0.2) is 30.7 Å². The molecule has 0 bridgehead atoms. The number of aromatic nitrogens is 4. The molecule has 6 heteroatoms. The van der Waals surface area contributed by atoms with Gasteiger partial charge in [-0.25, -0.2) is 24.7 Å². The van der Waals surface area contributed by atoms with Crippen LogP contribution in [0.3, 0.4) is 0 Å². The predicted octanol–water partition coefficient (Wildman–Crippen LogP) is 0.632. The lowest BCUT2D eigenvalue weighted by Crippen LogP contribution is -2.03. The Morgan fingerprint density at radius 3 is 2.40 bits per heavy atom. The second kappa shape index (κ2) is 3.79. The second-order valence-corrected chi connectivity index (χ2v) is 2.64. The fraction of sp³-hybridized carbons (Fsp3) is 0. The van der Waals surface area contributed by atoms with Gasteiger partial charge >= 0.3 is 5.97 Å². The number of carbonyl (C=O) groups is 1. The van der Waals surface area contributed by atoms with Gasteiger partial charge in [0.1, 0.15) is 0 Å². The molecule has 0 spiro atoms. The summed E-state index contributed by atoms with van der Waals surface area (Å²) in [5.74, 6) is -0.592. The molecule has 0 amide bonds. The average molecular weight is 202 g/mol. The Morgan fingerprint density at radius 1 is 1.07 bits per heavy atom. The van der Waals surface area contributed by atoms with Crippen molar-refractivity contribution in [2.75, 3.05) is 0 Å². The van der Waals surface area contributed by atoms with Crippen LogP contribution in [-0.4, -0.2) is 31.0 Å². The van der Waals surface area contributed by atoms with E-state index in [0.717, 1.165) is 0 Å². The summed E-state index contributed by atoms with van der Waals surface area (Å²) in [7, 11) is 0. The Morgan fingerprint density at radius 2 is 1.73 bits per heavy atom. The first-order chi connectivity index (χ1) is 7.27. The maximum absolute atomic E-state index is 10.7. The van der Waals surface area contributed by atoms with E-state index in [1.807, 2.05) is 0 Å². The molecule has 2 aromatic heterocycles. The van der Waals surface area contributed by atoms with Crippen LogP contribution in [0.25, 0.3) is 11.6 Å². The molecule has 0 radical (unpaired) electrons. The maximum Gasteiger partial charge on any atom is 0.354 e. The molecule has 0 aromatic carbocycles. The van der Waals surface area contributed by atoms with E-state index in [-0.39, 0.29) is 11.5 Å². The fourth-order valence-electron chi connectivity index (χ4n) is 1.00. The number of aromatic carboxylic acids is 1. The Bertz CT molecular complexity index is 486. The summed E-state index contributed by atoms with van der Waals surface area (Å²) in [4.78, 5) is 26.2. The van der Waals surface area contributed by atoms with Gasteiger partial charge in [-0.15, -0.1) is 0 Å². The molecule has 0 fully saturated rings. The molecule has 0 aliphatic rings. The van der Waals surface area contributed by atoms with Crippen LogP contribution < -0.4 is 0 Å². The van der Waals surface area contributed by atoms with Crippen molar-refractivity contribution in [3.63, 3.8) is 0 Å². The lowest BCUT2D eigenvalue weighted by molar-refractivity contribution is 0.0690. The molecule has 0 unspecified atom stereocenters. The van der Waals surface area contributed by atoms with Crippen LogP contribution >= 0.6 is 0 Å². The summed E-state index contributed by atoms with van der Waals surface area (Å²) >= 11 is 0. The van der Waals surface area contributed by atoms with Gasteiger partial charge in [-0.3, -0.25) is 0 Å². The van der Waals surface area contributed by atoms with E-state index >= 15 is 0 Å². The lowest BCUT2D eigenvalue weighted by atomic mass is 10.4. The van der Waals surface area contributed by atoms with E-state index in [1.54, 1.807) is 18.5 Å². The van der Waals surface area contributed by atoms with Gasteiger partial charge in [-0.05, 0) is 12.1 Å². The molecule has 2 heterocycles. The molecule has 0 aliphatic heterocycles. The monoisotopic (exact) mass is 202 g/mol. The van der Waals surface area contributed by atoms with Crippen molar-refractivity contribution in [1.29, 1.82) is 0 Å². The third-order valence-corrected chi connectivity index (χ3v) is 1.64. The van der Waals surface area contributed by atoms with Crippen LogP contribution in [0.2, 0.25) is 0 Å². The van der Waals surface area contributed by atoms with Gasteiger partial charge in [0.15, 0.2) is 17.3 Å². The normalized spacial score (nSPS) is 9.87. The van der Waals surface area contributed by atoms with Crippen molar-refractivity contribution in [2.24, 2.45) is 0 Å². The summed E-state index contributed by atoms with van der Waals surface area (Å²) in [5, 5.41) is 8.73. The smallest absolute Gasteiger partial charge is 0.354 e. The summed E-state index contributed by atoms with van der Waals surface area (Å²) in [6.07, 6.45) is 4.44. The Balaban J connectivity index is 2.46. The highest BCUT2D eigenvalue weighted by atomic mass is 16.4. The quantitative estimate of drug-likeness (QED) is 0.768. The second-order valence-electron chi connectivity index (χ2n) is 2.64. The van der Waals surface area contributed by atoms with Crippen LogP contribution in [0.1, 0.15) is 10.5 Å². The van der Waals surface area contributed by atoms with Gasteiger partial charge in [0.05, 0.1) is 0 Å². The van der Waals surface area contributed by atoms with Gasteiger partial charge in [0.2, 0.25) is 0 Å². The third-order valence-electron chi connectivity index (χ3n) is 1.64.